The first kappa shape index (κ1) is 24.7. The number of hydrogen-bond acceptors (Lipinski definition) is 4. The summed E-state index contributed by atoms with van der Waals surface area (Å²) in [6.45, 7) is 9.09. The number of benzene rings is 1. The second-order valence-electron chi connectivity index (χ2n) is 7.79. The van der Waals surface area contributed by atoms with Gasteiger partial charge in [-0.05, 0) is 63.5 Å². The molecule has 1 aliphatic heterocycles. The fourth-order valence-corrected chi connectivity index (χ4v) is 4.37. The van der Waals surface area contributed by atoms with Gasteiger partial charge in [-0.25, -0.2) is 0 Å². The fraction of sp³-hybridized carbons (Fsp3) is 0.565. The molecule has 1 aliphatic rings. The summed E-state index contributed by atoms with van der Waals surface area (Å²) >= 11 is 12.4. The molecule has 1 amide bonds. The number of nitrogens with zero attached hydrogens (tertiary/aromatic N) is 2. The van der Waals surface area contributed by atoms with E-state index in [1.807, 2.05) is 0 Å². The molecule has 1 heterocycles. The molecule has 0 radical (unpaired) electrons. The lowest BCUT2D eigenvalue weighted by atomic mass is 9.96. The third-order valence-electron chi connectivity index (χ3n) is 5.47. The molecule has 0 aliphatic carbocycles. The van der Waals surface area contributed by atoms with Crippen LogP contribution >= 0.6 is 23.2 Å². The average Bonchev–Trinajstić information content (AvgIpc) is 2.94. The van der Waals surface area contributed by atoms with Gasteiger partial charge in [0.05, 0.1) is 11.6 Å². The molecule has 1 N–H and O–H groups in total. The first-order chi connectivity index (χ1) is 14.3. The highest BCUT2D eigenvalue weighted by molar-refractivity contribution is 6.35. The van der Waals surface area contributed by atoms with E-state index in [1.165, 1.54) is 6.92 Å². The number of aliphatic hydroxyl groups excluding tert-OH is 1. The Labute approximate surface area is 189 Å². The summed E-state index contributed by atoms with van der Waals surface area (Å²) < 4.78 is 0. The minimum Gasteiger partial charge on any atom is -0.503 e. The van der Waals surface area contributed by atoms with Crippen molar-refractivity contribution in [2.45, 2.75) is 58.9 Å². The van der Waals surface area contributed by atoms with Crippen molar-refractivity contribution in [2.24, 2.45) is 0 Å². The third-order valence-corrected chi connectivity index (χ3v) is 6.03. The monoisotopic (exact) mass is 454 g/mol. The van der Waals surface area contributed by atoms with Crippen molar-refractivity contribution in [3.63, 3.8) is 0 Å². The van der Waals surface area contributed by atoms with E-state index in [9.17, 15) is 14.7 Å². The van der Waals surface area contributed by atoms with Crippen LogP contribution in [0, 0.1) is 0 Å². The number of unbranched alkanes of at least 4 members (excludes halogenated alkanes) is 2. The van der Waals surface area contributed by atoms with Gasteiger partial charge in [0.15, 0.2) is 11.5 Å². The van der Waals surface area contributed by atoms with Crippen LogP contribution < -0.4 is 0 Å². The smallest absolute Gasteiger partial charge is 0.290 e. The van der Waals surface area contributed by atoms with Crippen LogP contribution in [0.1, 0.15) is 64.5 Å². The average molecular weight is 455 g/mol. The van der Waals surface area contributed by atoms with Crippen LogP contribution in [0.3, 0.4) is 0 Å². The van der Waals surface area contributed by atoms with Gasteiger partial charge in [-0.1, -0.05) is 56.0 Å². The van der Waals surface area contributed by atoms with Crippen molar-refractivity contribution >= 4 is 34.9 Å². The number of carbonyl (C=O) groups excluding carboxylic acids is 2. The van der Waals surface area contributed by atoms with Crippen LogP contribution in [0.4, 0.5) is 0 Å². The second-order valence-corrected chi connectivity index (χ2v) is 8.63. The Morgan fingerprint density at radius 2 is 1.70 bits per heavy atom. The summed E-state index contributed by atoms with van der Waals surface area (Å²) in [5, 5.41) is 11.2. The van der Waals surface area contributed by atoms with Gasteiger partial charge in [0, 0.05) is 16.6 Å². The summed E-state index contributed by atoms with van der Waals surface area (Å²) in [4.78, 5) is 29.0. The molecular weight excluding hydrogens is 423 g/mol. The molecule has 0 aromatic heterocycles. The van der Waals surface area contributed by atoms with Crippen LogP contribution in [-0.2, 0) is 9.59 Å². The summed E-state index contributed by atoms with van der Waals surface area (Å²) in [5.41, 5.74) is 0.690. The highest BCUT2D eigenvalue weighted by Gasteiger charge is 2.42. The Balaban J connectivity index is 2.20. The zero-order valence-electron chi connectivity index (χ0n) is 18.1. The summed E-state index contributed by atoms with van der Waals surface area (Å²) in [6, 6.07) is 4.28. The number of rotatable bonds is 12. The molecular formula is C23H32Cl2N2O3. The summed E-state index contributed by atoms with van der Waals surface area (Å²) in [5.74, 6) is -1.34. The minimum atomic E-state index is -0.695. The van der Waals surface area contributed by atoms with Crippen LogP contribution in [0.25, 0.3) is 0 Å². The van der Waals surface area contributed by atoms with Crippen molar-refractivity contribution in [3.8, 4) is 0 Å². The van der Waals surface area contributed by atoms with E-state index < -0.39 is 17.7 Å². The van der Waals surface area contributed by atoms with Gasteiger partial charge in [-0.3, -0.25) is 9.59 Å². The van der Waals surface area contributed by atoms with E-state index in [-0.39, 0.29) is 11.4 Å². The molecule has 1 aromatic carbocycles. The largest absolute Gasteiger partial charge is 0.503 e. The maximum absolute atomic E-state index is 12.8. The SMILES string of the molecule is CCCCN(CCCC)CCCN1C(=O)C(O)=C(C(C)=O)C1c1ccc(Cl)cc1Cl. The minimum absolute atomic E-state index is 0.0954. The molecule has 2 rings (SSSR count). The first-order valence-electron chi connectivity index (χ1n) is 10.7. The number of Topliss-reactive ketones (excluding diaryl/α,β-unsaturated/α-hetero) is 1. The van der Waals surface area contributed by atoms with Crippen LogP contribution in [0.2, 0.25) is 10.0 Å². The zero-order chi connectivity index (χ0) is 22.3. The molecule has 0 saturated heterocycles. The number of carbonyl (C=O) groups is 2. The zero-order valence-corrected chi connectivity index (χ0v) is 19.6. The fourth-order valence-electron chi connectivity index (χ4n) is 3.85. The van der Waals surface area contributed by atoms with Gasteiger partial charge in [-0.15, -0.1) is 0 Å². The van der Waals surface area contributed by atoms with E-state index in [0.717, 1.165) is 51.7 Å². The van der Waals surface area contributed by atoms with E-state index in [2.05, 4.69) is 18.7 Å². The molecule has 30 heavy (non-hydrogen) atoms. The number of hydrogen-bond donors (Lipinski definition) is 1. The quantitative estimate of drug-likeness (QED) is 0.448. The predicted octanol–water partition coefficient (Wildman–Crippen LogP) is 5.57. The van der Waals surface area contributed by atoms with E-state index in [1.54, 1.807) is 23.1 Å². The van der Waals surface area contributed by atoms with Gasteiger partial charge >= 0.3 is 0 Å². The second kappa shape index (κ2) is 11.7. The number of amides is 1. The van der Waals surface area contributed by atoms with E-state index >= 15 is 0 Å². The predicted molar refractivity (Wildman–Crippen MR) is 122 cm³/mol. The highest BCUT2D eigenvalue weighted by Crippen LogP contribution is 2.41. The Morgan fingerprint density at radius 3 is 2.23 bits per heavy atom. The highest BCUT2D eigenvalue weighted by atomic mass is 35.5. The van der Waals surface area contributed by atoms with Gasteiger partial charge < -0.3 is 14.9 Å². The first-order valence-corrected chi connectivity index (χ1v) is 11.5. The van der Waals surface area contributed by atoms with Crippen LogP contribution in [0.5, 0.6) is 0 Å². The van der Waals surface area contributed by atoms with Crippen molar-refractivity contribution < 1.29 is 14.7 Å². The molecule has 0 spiro atoms. The molecule has 166 valence electrons. The van der Waals surface area contributed by atoms with Crippen molar-refractivity contribution in [1.29, 1.82) is 0 Å². The van der Waals surface area contributed by atoms with Crippen LogP contribution in [-0.4, -0.2) is 52.8 Å². The van der Waals surface area contributed by atoms with Gasteiger partial charge in [0.1, 0.15) is 0 Å². The van der Waals surface area contributed by atoms with Crippen molar-refractivity contribution in [3.05, 3.63) is 45.1 Å². The number of aliphatic hydroxyl groups is 1. The summed E-state index contributed by atoms with van der Waals surface area (Å²) in [6.07, 6.45) is 5.33. The van der Waals surface area contributed by atoms with Crippen LogP contribution in [0.15, 0.2) is 29.5 Å². The molecule has 1 aromatic rings. The maximum Gasteiger partial charge on any atom is 0.290 e. The van der Waals surface area contributed by atoms with E-state index in [0.29, 0.717) is 22.2 Å². The lowest BCUT2D eigenvalue weighted by molar-refractivity contribution is -0.129. The molecule has 0 bridgehead atoms. The lowest BCUT2D eigenvalue weighted by Gasteiger charge is -2.29. The lowest BCUT2D eigenvalue weighted by Crippen LogP contribution is -2.35. The molecule has 1 atom stereocenters. The number of halogens is 2. The Bertz CT molecular complexity index is 787. The van der Waals surface area contributed by atoms with Crippen molar-refractivity contribution in [2.75, 3.05) is 26.2 Å². The maximum atomic E-state index is 12.8. The standard InChI is InChI=1S/C23H32Cl2N2O3/c1-4-6-11-26(12-7-5-2)13-8-14-27-21(18-10-9-17(24)15-19(18)25)20(16(3)28)22(29)23(27)30/h9-10,15,21,29H,4-8,11-14H2,1-3H3. The van der Waals surface area contributed by atoms with Gasteiger partial charge in [0.25, 0.3) is 5.91 Å². The van der Waals surface area contributed by atoms with Crippen molar-refractivity contribution in [1.82, 2.24) is 9.80 Å². The molecule has 5 nitrogen and oxygen atoms in total. The summed E-state index contributed by atoms with van der Waals surface area (Å²) in [7, 11) is 0. The van der Waals surface area contributed by atoms with Gasteiger partial charge in [0.2, 0.25) is 0 Å². The molecule has 0 saturated carbocycles. The van der Waals surface area contributed by atoms with Gasteiger partial charge in [-0.2, -0.15) is 0 Å². The molecule has 1 unspecified atom stereocenters. The Morgan fingerprint density at radius 1 is 1.10 bits per heavy atom. The molecule has 0 fully saturated rings. The Hall–Kier alpha value is -1.56. The Kier molecular flexibility index (Phi) is 9.66. The molecule has 7 heteroatoms. The third kappa shape index (κ3) is 5.99. The normalized spacial score (nSPS) is 16.8. The van der Waals surface area contributed by atoms with E-state index in [4.69, 9.17) is 23.2 Å². The number of ketones is 1. The topological polar surface area (TPSA) is 60.9 Å².